The van der Waals surface area contributed by atoms with Crippen LogP contribution in [0.1, 0.15) is 37.0 Å². The lowest BCUT2D eigenvalue weighted by molar-refractivity contribution is 0.0682. The second-order valence-corrected chi connectivity index (χ2v) is 10.8. The van der Waals surface area contributed by atoms with E-state index in [2.05, 4.69) is 9.97 Å². The minimum Gasteiger partial charge on any atom is -0.339 e. The predicted molar refractivity (Wildman–Crippen MR) is 131 cm³/mol. The molecular weight excluding hydrogens is 468 g/mol. The third-order valence-electron chi connectivity index (χ3n) is 5.36. The van der Waals surface area contributed by atoms with E-state index in [1.54, 1.807) is 30.3 Å². The molecule has 1 saturated heterocycles. The molecule has 10 heteroatoms. The molecule has 0 saturated carbocycles. The highest BCUT2D eigenvalue weighted by Gasteiger charge is 2.29. The first-order valence-corrected chi connectivity index (χ1v) is 13.5. The van der Waals surface area contributed by atoms with Crippen LogP contribution in [-0.4, -0.2) is 65.9 Å². The number of benzene rings is 1. The molecule has 172 valence electrons. The van der Waals surface area contributed by atoms with E-state index < -0.39 is 10.0 Å². The predicted octanol–water partition coefficient (Wildman–Crippen LogP) is 4.53. The molecule has 1 aliphatic heterocycles. The third kappa shape index (κ3) is 5.46. The van der Waals surface area contributed by atoms with Crippen molar-refractivity contribution in [2.45, 2.75) is 32.7 Å². The molecule has 1 fully saturated rings. The molecule has 0 radical (unpaired) electrons. The van der Waals surface area contributed by atoms with Crippen molar-refractivity contribution in [2.24, 2.45) is 0 Å². The van der Waals surface area contributed by atoms with Crippen LogP contribution in [0.5, 0.6) is 0 Å². The third-order valence-corrected chi connectivity index (χ3v) is 7.92. The highest BCUT2D eigenvalue weighted by molar-refractivity contribution is 7.88. The fourth-order valence-electron chi connectivity index (χ4n) is 3.65. The van der Waals surface area contributed by atoms with Crippen LogP contribution in [0.3, 0.4) is 0 Å². The Kier molecular flexibility index (Phi) is 7.87. The van der Waals surface area contributed by atoms with Gasteiger partial charge in [0.05, 0.1) is 16.5 Å². The number of amides is 1. The number of pyridine rings is 1. The number of aromatic nitrogens is 2. The van der Waals surface area contributed by atoms with E-state index in [9.17, 15) is 13.2 Å². The summed E-state index contributed by atoms with van der Waals surface area (Å²) in [5.41, 5.74) is 2.22. The Hall–Kier alpha value is -2.07. The van der Waals surface area contributed by atoms with Crippen LogP contribution in [0.2, 0.25) is 5.15 Å². The number of carbonyl (C=O) groups is 1. The van der Waals surface area contributed by atoms with E-state index in [0.29, 0.717) is 36.6 Å². The molecule has 0 unspecified atom stereocenters. The highest BCUT2D eigenvalue weighted by Crippen LogP contribution is 2.31. The van der Waals surface area contributed by atoms with Gasteiger partial charge in [0.25, 0.3) is 5.91 Å². The summed E-state index contributed by atoms with van der Waals surface area (Å²) in [6.45, 7) is 4.87. The average Bonchev–Trinajstić information content (AvgIpc) is 3.22. The van der Waals surface area contributed by atoms with E-state index in [4.69, 9.17) is 11.6 Å². The van der Waals surface area contributed by atoms with Crippen LogP contribution < -0.4 is 0 Å². The van der Waals surface area contributed by atoms with Gasteiger partial charge >= 0.3 is 0 Å². The molecule has 4 rings (SSSR count). The first-order valence-electron chi connectivity index (χ1n) is 10.5. The zero-order valence-corrected chi connectivity index (χ0v) is 21.0. The molecule has 7 nitrogen and oxygen atoms in total. The van der Waals surface area contributed by atoms with E-state index in [0.717, 1.165) is 20.8 Å². The Labute approximate surface area is 198 Å². The second-order valence-electron chi connectivity index (χ2n) is 7.38. The summed E-state index contributed by atoms with van der Waals surface area (Å²) in [5, 5.41) is 1.19. The van der Waals surface area contributed by atoms with Crippen molar-refractivity contribution in [3.05, 3.63) is 47.2 Å². The van der Waals surface area contributed by atoms with Gasteiger partial charge in [0.15, 0.2) is 0 Å². The summed E-state index contributed by atoms with van der Waals surface area (Å²) in [7, 11) is -1.41. The largest absolute Gasteiger partial charge is 0.339 e. The number of thiazole rings is 1. The molecule has 0 spiro atoms. The number of nitrogens with zero attached hydrogens (tertiary/aromatic N) is 4. The Balaban J connectivity index is 0.00000141. The number of halogens is 1. The Morgan fingerprint density at radius 1 is 1.22 bits per heavy atom. The van der Waals surface area contributed by atoms with Gasteiger partial charge in [-0.1, -0.05) is 37.6 Å². The summed E-state index contributed by atoms with van der Waals surface area (Å²) in [4.78, 5) is 23.5. The first-order chi connectivity index (χ1) is 15.2. The van der Waals surface area contributed by atoms with Crippen LogP contribution in [0.15, 0.2) is 36.5 Å². The van der Waals surface area contributed by atoms with Gasteiger partial charge in [-0.3, -0.25) is 4.79 Å². The molecule has 3 aromatic rings. The van der Waals surface area contributed by atoms with Crippen LogP contribution >= 0.6 is 22.9 Å². The summed E-state index contributed by atoms with van der Waals surface area (Å²) in [5.74, 6) is -0.0829. The fraction of sp³-hybridized carbons (Fsp3) is 0.409. The minimum atomic E-state index is -3.19. The molecule has 0 N–H and O–H groups in total. The number of hydrogen-bond donors (Lipinski definition) is 0. The molecule has 1 aliphatic rings. The molecule has 1 amide bonds. The van der Waals surface area contributed by atoms with Crippen LogP contribution in [0.25, 0.3) is 20.8 Å². The van der Waals surface area contributed by atoms with Gasteiger partial charge in [-0.15, -0.1) is 11.3 Å². The molecule has 1 aromatic carbocycles. The molecule has 0 atom stereocenters. The number of piperidine rings is 1. The van der Waals surface area contributed by atoms with Gasteiger partial charge in [-0.2, -0.15) is 0 Å². The maximum Gasteiger partial charge on any atom is 0.253 e. The number of fused-ring (bicyclic) bond motifs is 1. The maximum absolute atomic E-state index is 13.1. The topological polar surface area (TPSA) is 83.5 Å². The van der Waals surface area contributed by atoms with Crippen molar-refractivity contribution in [3.8, 4) is 10.6 Å². The minimum absolute atomic E-state index is 0.00910. The molecular formula is C22H27ClN4O3S2. The summed E-state index contributed by atoms with van der Waals surface area (Å²) >= 11 is 7.45. The summed E-state index contributed by atoms with van der Waals surface area (Å²) in [6.07, 6.45) is 4.17. The van der Waals surface area contributed by atoms with Crippen molar-refractivity contribution in [3.63, 3.8) is 0 Å². The van der Waals surface area contributed by atoms with Gasteiger partial charge in [-0.05, 0) is 25.0 Å². The number of hydrogen-bond acceptors (Lipinski definition) is 6. The van der Waals surface area contributed by atoms with Gasteiger partial charge in [0.2, 0.25) is 10.0 Å². The molecule has 0 bridgehead atoms. The zero-order chi connectivity index (χ0) is 23.5. The van der Waals surface area contributed by atoms with Gasteiger partial charge in [0, 0.05) is 49.6 Å². The van der Waals surface area contributed by atoms with E-state index in [-0.39, 0.29) is 11.9 Å². The molecule has 32 heavy (non-hydrogen) atoms. The number of carbonyl (C=O) groups excluding carboxylic acids is 1. The van der Waals surface area contributed by atoms with E-state index in [1.807, 2.05) is 32.0 Å². The lowest BCUT2D eigenvalue weighted by atomic mass is 10.0. The van der Waals surface area contributed by atoms with Crippen molar-refractivity contribution in [1.29, 1.82) is 0 Å². The Morgan fingerprint density at radius 3 is 2.56 bits per heavy atom. The summed E-state index contributed by atoms with van der Waals surface area (Å²) in [6, 6.07) is 9.14. The number of rotatable bonds is 4. The Morgan fingerprint density at radius 2 is 1.91 bits per heavy atom. The van der Waals surface area contributed by atoms with Gasteiger partial charge in [-0.25, -0.2) is 22.7 Å². The molecule has 2 aromatic heterocycles. The normalized spacial score (nSPS) is 15.3. The van der Waals surface area contributed by atoms with Crippen LogP contribution in [0, 0.1) is 0 Å². The van der Waals surface area contributed by atoms with Crippen LogP contribution in [-0.2, 0) is 10.0 Å². The molecule has 0 aliphatic carbocycles. The highest BCUT2D eigenvalue weighted by atomic mass is 35.5. The van der Waals surface area contributed by atoms with Crippen LogP contribution in [0.4, 0.5) is 0 Å². The smallest absolute Gasteiger partial charge is 0.253 e. The monoisotopic (exact) mass is 494 g/mol. The van der Waals surface area contributed by atoms with Crippen molar-refractivity contribution in [2.75, 3.05) is 26.4 Å². The average molecular weight is 495 g/mol. The second kappa shape index (κ2) is 10.2. The van der Waals surface area contributed by atoms with E-state index >= 15 is 0 Å². The van der Waals surface area contributed by atoms with Crippen molar-refractivity contribution >= 4 is 49.1 Å². The van der Waals surface area contributed by atoms with Gasteiger partial charge in [0.1, 0.15) is 10.2 Å². The zero-order valence-electron chi connectivity index (χ0n) is 18.6. The van der Waals surface area contributed by atoms with Crippen molar-refractivity contribution < 1.29 is 13.2 Å². The fourth-order valence-corrected chi connectivity index (χ4v) is 5.59. The quantitative estimate of drug-likeness (QED) is 0.497. The van der Waals surface area contributed by atoms with Crippen molar-refractivity contribution in [1.82, 2.24) is 19.2 Å². The SMILES string of the molecule is CC.CN(C(=O)c1cccc(-c2nc3cc(Cl)ncc3s2)c1)C1CCN(S(C)(=O)=O)CC1. The lowest BCUT2D eigenvalue weighted by Crippen LogP contribution is -2.47. The standard InChI is InChI=1S/C20H21ClN4O3S2.C2H6/c1-24(15-6-8-25(9-7-15)30(2,27)28)20(26)14-5-3-4-13(10-14)19-23-16-11-18(21)22-12-17(16)29-19;1-2/h3-5,10-12,15H,6-9H2,1-2H3;1-2H3. The maximum atomic E-state index is 13.1. The molecule has 3 heterocycles. The summed E-state index contributed by atoms with van der Waals surface area (Å²) < 4.78 is 25.8. The first kappa shape index (κ1) is 24.6. The Bertz CT molecular complexity index is 1200. The lowest BCUT2D eigenvalue weighted by Gasteiger charge is -2.35. The van der Waals surface area contributed by atoms with Gasteiger partial charge < -0.3 is 4.90 Å². The van der Waals surface area contributed by atoms with E-state index in [1.165, 1.54) is 21.9 Å². The number of sulfonamides is 1.